The van der Waals surface area contributed by atoms with Crippen molar-refractivity contribution in [2.24, 2.45) is 4.99 Å². The SMILES string of the molecule is C[Si](C)(C)c1ccc(C=Nc2ccccc2)[n-]1.[Cl][Ti][Cl]. The third kappa shape index (κ3) is 6.42. The first-order chi connectivity index (χ1) is 9.47. The van der Waals surface area contributed by atoms with E-state index in [0.717, 1.165) is 11.4 Å². The monoisotopic (exact) mass is 359 g/mol. The molecular formula is C14H17Cl2N2SiTi-. The van der Waals surface area contributed by atoms with Gasteiger partial charge < -0.3 is 4.98 Å². The number of rotatable bonds is 3. The second-order valence-electron chi connectivity index (χ2n) is 5.17. The van der Waals surface area contributed by atoms with Crippen LogP contribution in [0.25, 0.3) is 0 Å². The van der Waals surface area contributed by atoms with Crippen molar-refractivity contribution in [2.75, 3.05) is 0 Å². The number of aromatic nitrogens is 1. The average Bonchev–Trinajstić information content (AvgIpc) is 2.87. The maximum atomic E-state index is 4.89. The minimum atomic E-state index is -1.29. The van der Waals surface area contributed by atoms with Crippen LogP contribution in [-0.4, -0.2) is 14.3 Å². The van der Waals surface area contributed by atoms with Gasteiger partial charge in [0, 0.05) is 6.21 Å². The van der Waals surface area contributed by atoms with Gasteiger partial charge in [-0.25, -0.2) is 0 Å². The standard InChI is InChI=1S/C14H17N2Si.2ClH.Ti/c1-17(2,3)14-10-9-13(16-14)11-15-12-7-5-4-6-8-12;;;/h4-11H,1-3H3;2*1H;/q-1;;;+2/p-2. The van der Waals surface area contributed by atoms with Crippen molar-refractivity contribution >= 4 is 43.9 Å². The van der Waals surface area contributed by atoms with Crippen molar-refractivity contribution in [3.8, 4) is 0 Å². The van der Waals surface area contributed by atoms with E-state index in [1.54, 1.807) is 0 Å². The second-order valence-corrected chi connectivity index (χ2v) is 12.8. The fourth-order valence-corrected chi connectivity index (χ4v) is 2.57. The van der Waals surface area contributed by atoms with Gasteiger partial charge >= 0.3 is 35.6 Å². The van der Waals surface area contributed by atoms with Gasteiger partial charge in [0.15, 0.2) is 0 Å². The minimum absolute atomic E-state index is 0.556. The number of hydrogen-bond acceptors (Lipinski definition) is 1. The van der Waals surface area contributed by atoms with Crippen molar-refractivity contribution in [1.29, 1.82) is 0 Å². The molecule has 1 aromatic carbocycles. The molecule has 106 valence electrons. The number of aliphatic imine (C=N–C) groups is 1. The summed E-state index contributed by atoms with van der Waals surface area (Å²) in [5.41, 5.74) is 1.91. The molecule has 0 amide bonds. The predicted molar refractivity (Wildman–Crippen MR) is 88.1 cm³/mol. The quantitative estimate of drug-likeness (QED) is 0.592. The molecule has 0 saturated heterocycles. The number of hydrogen-bond donors (Lipinski definition) is 0. The molecule has 0 aliphatic heterocycles. The Hall–Kier alpha value is -0.319. The molecule has 0 radical (unpaired) electrons. The molecule has 0 aliphatic carbocycles. The summed E-state index contributed by atoms with van der Waals surface area (Å²) in [6, 6.07) is 14.1. The van der Waals surface area contributed by atoms with Crippen molar-refractivity contribution in [2.45, 2.75) is 19.6 Å². The van der Waals surface area contributed by atoms with Crippen molar-refractivity contribution in [3.63, 3.8) is 0 Å². The summed E-state index contributed by atoms with van der Waals surface area (Å²) in [4.78, 5) is 9.01. The van der Waals surface area contributed by atoms with E-state index in [9.17, 15) is 0 Å². The van der Waals surface area contributed by atoms with Crippen LogP contribution in [0.2, 0.25) is 19.6 Å². The second kappa shape index (κ2) is 8.86. The fraction of sp³-hybridized carbons (Fsp3) is 0.214. The van der Waals surface area contributed by atoms with Crippen molar-refractivity contribution in [1.82, 2.24) is 4.98 Å². The first kappa shape index (κ1) is 17.7. The zero-order chi connectivity index (χ0) is 15.0. The molecule has 0 aliphatic rings. The Kier molecular flexibility index (Phi) is 7.85. The molecule has 0 unspecified atom stereocenters. The van der Waals surface area contributed by atoms with Gasteiger partial charge in [0.1, 0.15) is 0 Å². The van der Waals surface area contributed by atoms with Crippen LogP contribution >= 0.6 is 18.6 Å². The summed E-state index contributed by atoms with van der Waals surface area (Å²) in [6.45, 7) is 6.90. The predicted octanol–water partition coefficient (Wildman–Crippen LogP) is 4.32. The zero-order valence-corrected chi connectivity index (χ0v) is 15.8. The molecule has 2 nitrogen and oxygen atoms in total. The zero-order valence-electron chi connectivity index (χ0n) is 11.8. The summed E-state index contributed by atoms with van der Waals surface area (Å²) >= 11 is -0.556. The van der Waals surface area contributed by atoms with Crippen LogP contribution in [0.4, 0.5) is 5.69 Å². The first-order valence-corrected chi connectivity index (χ1v) is 14.0. The van der Waals surface area contributed by atoms with Gasteiger partial charge in [-0.05, 0) is 12.1 Å². The molecule has 1 aromatic heterocycles. The van der Waals surface area contributed by atoms with Crippen LogP contribution in [0.1, 0.15) is 5.69 Å². The normalized spacial score (nSPS) is 11.1. The van der Waals surface area contributed by atoms with E-state index in [4.69, 9.17) is 18.6 Å². The van der Waals surface area contributed by atoms with Crippen molar-refractivity contribution in [3.05, 3.63) is 48.2 Å². The molecule has 0 atom stereocenters. The average molecular weight is 360 g/mol. The number of benzene rings is 1. The van der Waals surface area contributed by atoms with E-state index < -0.39 is 25.1 Å². The molecule has 0 bridgehead atoms. The summed E-state index contributed by atoms with van der Waals surface area (Å²) < 4.78 is 0. The molecule has 2 aromatic rings. The van der Waals surface area contributed by atoms with Gasteiger partial charge in [-0.2, -0.15) is 5.32 Å². The van der Waals surface area contributed by atoms with E-state index in [-0.39, 0.29) is 0 Å². The first-order valence-electron chi connectivity index (χ1n) is 6.17. The molecule has 0 saturated carbocycles. The Morgan fingerprint density at radius 2 is 1.65 bits per heavy atom. The van der Waals surface area contributed by atoms with E-state index in [0.29, 0.717) is 0 Å². The molecule has 0 fully saturated rings. The number of para-hydroxylation sites is 1. The third-order valence-electron chi connectivity index (χ3n) is 2.53. The molecule has 0 spiro atoms. The maximum absolute atomic E-state index is 4.89. The summed E-state index contributed by atoms with van der Waals surface area (Å²) in [7, 11) is 8.48. The van der Waals surface area contributed by atoms with Gasteiger partial charge in [-0.1, -0.05) is 50.0 Å². The van der Waals surface area contributed by atoms with E-state index >= 15 is 0 Å². The molecule has 2 rings (SSSR count). The fourth-order valence-electron chi connectivity index (χ4n) is 1.52. The Morgan fingerprint density at radius 3 is 2.15 bits per heavy atom. The molecule has 6 heteroatoms. The molecule has 20 heavy (non-hydrogen) atoms. The Balaban J connectivity index is 0.000000612. The van der Waals surface area contributed by atoms with E-state index in [1.807, 2.05) is 42.6 Å². The van der Waals surface area contributed by atoms with Gasteiger partial charge in [-0.15, -0.1) is 5.69 Å². The van der Waals surface area contributed by atoms with Crippen LogP contribution < -0.4 is 10.3 Å². The van der Waals surface area contributed by atoms with Crippen LogP contribution in [-0.2, 0) is 17.0 Å². The summed E-state index contributed by atoms with van der Waals surface area (Å²) in [6.07, 6.45) is 1.83. The molecular weight excluding hydrogens is 343 g/mol. The topological polar surface area (TPSA) is 26.5 Å². The summed E-state index contributed by atoms with van der Waals surface area (Å²) in [5, 5.41) is 1.24. The molecule has 0 N–H and O–H groups in total. The van der Waals surface area contributed by atoms with Gasteiger partial charge in [-0.3, -0.25) is 4.99 Å². The number of nitrogens with zero attached hydrogens (tertiary/aromatic N) is 2. The molecule has 1 heterocycles. The van der Waals surface area contributed by atoms with Crippen molar-refractivity contribution < 1.29 is 17.0 Å². The summed E-state index contributed by atoms with van der Waals surface area (Å²) in [5.74, 6) is 0. The Morgan fingerprint density at radius 1 is 1.05 bits per heavy atom. The van der Waals surface area contributed by atoms with Crippen LogP contribution in [0.15, 0.2) is 47.5 Å². The van der Waals surface area contributed by atoms with Gasteiger partial charge in [0.2, 0.25) is 0 Å². The Labute approximate surface area is 138 Å². The van der Waals surface area contributed by atoms with E-state index in [2.05, 4.69) is 35.7 Å². The Bertz CT molecular complexity index is 536. The van der Waals surface area contributed by atoms with Crippen LogP contribution in [0, 0.1) is 0 Å². The van der Waals surface area contributed by atoms with Crippen LogP contribution in [0.3, 0.4) is 0 Å². The van der Waals surface area contributed by atoms with E-state index in [1.165, 1.54) is 5.32 Å². The van der Waals surface area contributed by atoms with Gasteiger partial charge in [0.25, 0.3) is 0 Å². The third-order valence-corrected chi connectivity index (χ3v) is 4.35. The van der Waals surface area contributed by atoms with Gasteiger partial charge in [0.05, 0.1) is 13.8 Å². The number of halogens is 2. The van der Waals surface area contributed by atoms with Crippen LogP contribution in [0.5, 0.6) is 0 Å².